The molecule has 0 saturated carbocycles. The van der Waals surface area contributed by atoms with Crippen molar-refractivity contribution in [2.45, 2.75) is 5.16 Å². The van der Waals surface area contributed by atoms with Crippen LogP contribution in [0.25, 0.3) is 0 Å². The van der Waals surface area contributed by atoms with E-state index in [4.69, 9.17) is 16.7 Å². The molecule has 114 valence electrons. The SMILES string of the molecule is CSc1ncc(Cl)c(C(=O)N2CCN(CC(=O)O)CC2)n1. The highest BCUT2D eigenvalue weighted by Gasteiger charge is 2.25. The van der Waals surface area contributed by atoms with Crippen LogP contribution < -0.4 is 0 Å². The van der Waals surface area contributed by atoms with Crippen molar-refractivity contribution < 1.29 is 14.7 Å². The van der Waals surface area contributed by atoms with E-state index in [0.29, 0.717) is 31.3 Å². The molecule has 0 atom stereocenters. The molecule has 0 unspecified atom stereocenters. The van der Waals surface area contributed by atoms with Crippen molar-refractivity contribution in [1.82, 2.24) is 19.8 Å². The third-order valence-corrected chi connectivity index (χ3v) is 3.96. The van der Waals surface area contributed by atoms with Gasteiger partial charge in [0, 0.05) is 26.2 Å². The van der Waals surface area contributed by atoms with Gasteiger partial charge in [0.15, 0.2) is 10.9 Å². The largest absolute Gasteiger partial charge is 0.480 e. The maximum absolute atomic E-state index is 12.4. The summed E-state index contributed by atoms with van der Waals surface area (Å²) in [6.45, 7) is 1.96. The number of hydrogen-bond donors (Lipinski definition) is 1. The summed E-state index contributed by atoms with van der Waals surface area (Å²) in [6, 6.07) is 0. The summed E-state index contributed by atoms with van der Waals surface area (Å²) >= 11 is 7.33. The van der Waals surface area contributed by atoms with Crippen LogP contribution in [-0.4, -0.2) is 75.7 Å². The van der Waals surface area contributed by atoms with Gasteiger partial charge in [-0.25, -0.2) is 9.97 Å². The van der Waals surface area contributed by atoms with E-state index >= 15 is 0 Å². The average Bonchev–Trinajstić information content (AvgIpc) is 2.47. The van der Waals surface area contributed by atoms with Gasteiger partial charge in [0.25, 0.3) is 5.91 Å². The van der Waals surface area contributed by atoms with Crippen LogP contribution in [0.2, 0.25) is 5.02 Å². The molecule has 2 heterocycles. The van der Waals surface area contributed by atoms with Crippen LogP contribution >= 0.6 is 23.4 Å². The molecule has 0 radical (unpaired) electrons. The summed E-state index contributed by atoms with van der Waals surface area (Å²) in [5, 5.41) is 9.47. The highest BCUT2D eigenvalue weighted by Crippen LogP contribution is 2.18. The normalized spacial score (nSPS) is 16.0. The Kier molecular flexibility index (Phi) is 5.38. The van der Waals surface area contributed by atoms with E-state index in [1.165, 1.54) is 18.0 Å². The third-order valence-electron chi connectivity index (χ3n) is 3.13. The second-order valence-corrected chi connectivity index (χ2v) is 5.70. The summed E-state index contributed by atoms with van der Waals surface area (Å²) in [6.07, 6.45) is 3.25. The fourth-order valence-corrected chi connectivity index (χ4v) is 2.56. The molecule has 1 aliphatic rings. The topological polar surface area (TPSA) is 86.6 Å². The number of carboxylic acids is 1. The lowest BCUT2D eigenvalue weighted by molar-refractivity contribution is -0.138. The van der Waals surface area contributed by atoms with Gasteiger partial charge in [0.2, 0.25) is 0 Å². The first kappa shape index (κ1) is 16.0. The zero-order chi connectivity index (χ0) is 15.4. The van der Waals surface area contributed by atoms with Gasteiger partial charge in [-0.15, -0.1) is 0 Å². The minimum absolute atomic E-state index is 0.00703. The van der Waals surface area contributed by atoms with E-state index in [1.54, 1.807) is 9.80 Å². The average molecular weight is 331 g/mol. The number of hydrogen-bond acceptors (Lipinski definition) is 6. The molecule has 9 heteroatoms. The number of aliphatic carboxylic acids is 1. The molecule has 7 nitrogen and oxygen atoms in total. The zero-order valence-electron chi connectivity index (χ0n) is 11.5. The van der Waals surface area contributed by atoms with Crippen LogP contribution in [0.1, 0.15) is 10.5 Å². The number of aromatic nitrogens is 2. The Balaban J connectivity index is 2.03. The van der Waals surface area contributed by atoms with Gasteiger partial charge in [-0.3, -0.25) is 14.5 Å². The van der Waals surface area contributed by atoms with E-state index in [9.17, 15) is 9.59 Å². The van der Waals surface area contributed by atoms with Gasteiger partial charge in [0.05, 0.1) is 17.8 Å². The van der Waals surface area contributed by atoms with Crippen molar-refractivity contribution in [3.05, 3.63) is 16.9 Å². The van der Waals surface area contributed by atoms with Gasteiger partial charge in [-0.1, -0.05) is 23.4 Å². The van der Waals surface area contributed by atoms with E-state index in [0.717, 1.165) is 0 Å². The lowest BCUT2D eigenvalue weighted by atomic mass is 10.2. The minimum Gasteiger partial charge on any atom is -0.480 e. The predicted octanol–water partition coefficient (Wildman–Crippen LogP) is 0.694. The molecule has 1 saturated heterocycles. The number of amides is 1. The van der Waals surface area contributed by atoms with Crippen LogP contribution in [0.4, 0.5) is 0 Å². The van der Waals surface area contributed by atoms with Crippen LogP contribution in [0.5, 0.6) is 0 Å². The molecule has 1 amide bonds. The van der Waals surface area contributed by atoms with Gasteiger partial charge < -0.3 is 10.0 Å². The zero-order valence-corrected chi connectivity index (χ0v) is 13.0. The van der Waals surface area contributed by atoms with Gasteiger partial charge in [-0.2, -0.15) is 0 Å². The number of carbonyl (C=O) groups is 2. The number of thioether (sulfide) groups is 1. The van der Waals surface area contributed by atoms with E-state index < -0.39 is 5.97 Å². The molecule has 0 bridgehead atoms. The summed E-state index contributed by atoms with van der Waals surface area (Å²) < 4.78 is 0. The standard InChI is InChI=1S/C12H15ClN4O3S/c1-21-12-14-6-8(13)10(15-12)11(20)17-4-2-16(3-5-17)7-9(18)19/h6H,2-5,7H2,1H3,(H,18,19). The monoisotopic (exact) mass is 330 g/mol. The number of rotatable bonds is 4. The summed E-state index contributed by atoms with van der Waals surface area (Å²) in [7, 11) is 0. The maximum Gasteiger partial charge on any atom is 0.317 e. The Morgan fingerprint density at radius 2 is 2.05 bits per heavy atom. The minimum atomic E-state index is -0.863. The first-order valence-corrected chi connectivity index (χ1v) is 7.91. The summed E-state index contributed by atoms with van der Waals surface area (Å²) in [4.78, 5) is 34.7. The number of nitrogens with zero attached hydrogens (tertiary/aromatic N) is 4. The summed E-state index contributed by atoms with van der Waals surface area (Å²) in [5.41, 5.74) is 0.197. The smallest absolute Gasteiger partial charge is 0.317 e. The Labute approximate surface area is 131 Å². The lowest BCUT2D eigenvalue weighted by Gasteiger charge is -2.33. The predicted molar refractivity (Wildman–Crippen MR) is 78.8 cm³/mol. The van der Waals surface area contributed by atoms with Crippen LogP contribution in [0.3, 0.4) is 0 Å². The molecule has 1 fully saturated rings. The molecule has 0 aromatic carbocycles. The number of piperazine rings is 1. The van der Waals surface area contributed by atoms with Crippen molar-refractivity contribution in [1.29, 1.82) is 0 Å². The Morgan fingerprint density at radius 1 is 1.38 bits per heavy atom. The number of carbonyl (C=O) groups excluding carboxylic acids is 1. The Hall–Kier alpha value is -1.38. The Morgan fingerprint density at radius 3 is 2.62 bits per heavy atom. The maximum atomic E-state index is 12.4. The number of halogens is 1. The highest BCUT2D eigenvalue weighted by molar-refractivity contribution is 7.98. The lowest BCUT2D eigenvalue weighted by Crippen LogP contribution is -2.50. The van der Waals surface area contributed by atoms with E-state index in [-0.39, 0.29) is 23.2 Å². The molecule has 1 aliphatic heterocycles. The van der Waals surface area contributed by atoms with Crippen molar-refractivity contribution in [2.24, 2.45) is 0 Å². The van der Waals surface area contributed by atoms with E-state index in [2.05, 4.69) is 9.97 Å². The first-order chi connectivity index (χ1) is 10.0. The molecule has 21 heavy (non-hydrogen) atoms. The summed E-state index contributed by atoms with van der Waals surface area (Å²) in [5.74, 6) is -1.11. The molecular weight excluding hydrogens is 316 g/mol. The van der Waals surface area contributed by atoms with Crippen molar-refractivity contribution in [2.75, 3.05) is 39.0 Å². The fraction of sp³-hybridized carbons (Fsp3) is 0.500. The second-order valence-electron chi connectivity index (χ2n) is 4.52. The molecule has 1 aromatic heterocycles. The quantitative estimate of drug-likeness (QED) is 0.642. The number of carboxylic acid groups (broad SMARTS) is 1. The van der Waals surface area contributed by atoms with E-state index in [1.807, 2.05) is 6.26 Å². The molecule has 1 N–H and O–H groups in total. The Bertz CT molecular complexity index is 549. The van der Waals surface area contributed by atoms with Gasteiger partial charge >= 0.3 is 5.97 Å². The molecular formula is C12H15ClN4O3S. The van der Waals surface area contributed by atoms with Crippen LogP contribution in [0.15, 0.2) is 11.4 Å². The fourth-order valence-electron chi connectivity index (χ4n) is 2.05. The second kappa shape index (κ2) is 7.06. The molecule has 2 rings (SSSR count). The van der Waals surface area contributed by atoms with Gasteiger partial charge in [0.1, 0.15) is 0 Å². The van der Waals surface area contributed by atoms with Crippen LogP contribution in [0, 0.1) is 0 Å². The molecule has 0 spiro atoms. The molecule has 0 aliphatic carbocycles. The third kappa shape index (κ3) is 4.05. The van der Waals surface area contributed by atoms with Crippen molar-refractivity contribution in [3.63, 3.8) is 0 Å². The molecule has 1 aromatic rings. The first-order valence-electron chi connectivity index (χ1n) is 6.31. The van der Waals surface area contributed by atoms with Crippen LogP contribution in [-0.2, 0) is 4.79 Å². The van der Waals surface area contributed by atoms with Gasteiger partial charge in [-0.05, 0) is 6.26 Å². The highest BCUT2D eigenvalue weighted by atomic mass is 35.5. The van der Waals surface area contributed by atoms with Crippen molar-refractivity contribution >= 4 is 35.2 Å². The van der Waals surface area contributed by atoms with Crippen molar-refractivity contribution in [3.8, 4) is 0 Å².